The zero-order valence-electron chi connectivity index (χ0n) is 21.6. The maximum absolute atomic E-state index is 13.8. The summed E-state index contributed by atoms with van der Waals surface area (Å²) in [6, 6.07) is 8.40. The SMILES string of the molecule is CC[C@H](C(=O)NC(C)(C)C)N(Cc1c(Cl)cccc1Cl)C(=O)CN(c1ccc(OC)c(Cl)c1)S(C)(=O)=O. The molecule has 0 aromatic heterocycles. The number of nitrogens with one attached hydrogen (secondary N) is 1. The number of sulfonamides is 1. The minimum absolute atomic E-state index is 0.103. The van der Waals surface area contributed by atoms with E-state index in [9.17, 15) is 18.0 Å². The van der Waals surface area contributed by atoms with Crippen molar-refractivity contribution in [1.29, 1.82) is 0 Å². The van der Waals surface area contributed by atoms with Gasteiger partial charge in [0.2, 0.25) is 21.8 Å². The van der Waals surface area contributed by atoms with E-state index in [1.165, 1.54) is 30.2 Å². The third-order valence-electron chi connectivity index (χ3n) is 5.38. The molecule has 204 valence electrons. The van der Waals surface area contributed by atoms with E-state index in [1.807, 2.05) is 20.8 Å². The largest absolute Gasteiger partial charge is 0.495 e. The molecular formula is C25H32Cl3N3O5S. The Balaban J connectivity index is 2.55. The van der Waals surface area contributed by atoms with E-state index >= 15 is 0 Å². The van der Waals surface area contributed by atoms with Crippen molar-refractivity contribution in [3.05, 3.63) is 57.0 Å². The Bertz CT molecular complexity index is 1230. The molecule has 8 nitrogen and oxygen atoms in total. The molecule has 12 heteroatoms. The van der Waals surface area contributed by atoms with Crippen LogP contribution in [0.25, 0.3) is 0 Å². The number of hydrogen-bond donors (Lipinski definition) is 1. The van der Waals surface area contributed by atoms with Gasteiger partial charge in [-0.3, -0.25) is 13.9 Å². The zero-order valence-corrected chi connectivity index (χ0v) is 24.7. The van der Waals surface area contributed by atoms with E-state index in [4.69, 9.17) is 39.5 Å². The van der Waals surface area contributed by atoms with Gasteiger partial charge in [0.25, 0.3) is 0 Å². The predicted molar refractivity (Wildman–Crippen MR) is 149 cm³/mol. The van der Waals surface area contributed by atoms with Gasteiger partial charge in [0.05, 0.1) is 24.1 Å². The summed E-state index contributed by atoms with van der Waals surface area (Å²) in [5, 5.41) is 3.71. The van der Waals surface area contributed by atoms with Crippen LogP contribution in [0.15, 0.2) is 36.4 Å². The number of amides is 2. The maximum atomic E-state index is 13.8. The third kappa shape index (κ3) is 8.40. The van der Waals surface area contributed by atoms with Crippen LogP contribution in [0, 0.1) is 0 Å². The molecule has 1 atom stereocenters. The Morgan fingerprint density at radius 3 is 2.11 bits per heavy atom. The van der Waals surface area contributed by atoms with E-state index in [-0.39, 0.29) is 29.6 Å². The number of ether oxygens (including phenoxy) is 1. The number of carbonyl (C=O) groups excluding carboxylic acids is 2. The monoisotopic (exact) mass is 591 g/mol. The lowest BCUT2D eigenvalue weighted by Gasteiger charge is -2.34. The Kier molecular flexibility index (Phi) is 10.5. The van der Waals surface area contributed by atoms with Crippen molar-refractivity contribution < 1.29 is 22.7 Å². The molecule has 0 aliphatic rings. The summed E-state index contributed by atoms with van der Waals surface area (Å²) in [5.41, 5.74) is 0.0593. The highest BCUT2D eigenvalue weighted by atomic mass is 35.5. The summed E-state index contributed by atoms with van der Waals surface area (Å²) in [7, 11) is -2.49. The summed E-state index contributed by atoms with van der Waals surface area (Å²) in [6.07, 6.45) is 1.25. The second kappa shape index (κ2) is 12.6. The number of hydrogen-bond acceptors (Lipinski definition) is 5. The molecule has 0 aliphatic carbocycles. The lowest BCUT2D eigenvalue weighted by molar-refractivity contribution is -0.141. The van der Waals surface area contributed by atoms with Gasteiger partial charge in [0.15, 0.2) is 0 Å². The lowest BCUT2D eigenvalue weighted by Crippen LogP contribution is -2.55. The van der Waals surface area contributed by atoms with Crippen LogP contribution in [-0.2, 0) is 26.2 Å². The fraction of sp³-hybridized carbons (Fsp3) is 0.440. The molecule has 2 amide bonds. The number of nitrogens with zero attached hydrogens (tertiary/aromatic N) is 2. The molecule has 0 bridgehead atoms. The lowest BCUT2D eigenvalue weighted by atomic mass is 10.1. The van der Waals surface area contributed by atoms with Gasteiger partial charge < -0.3 is 15.0 Å². The Labute approximate surface area is 233 Å². The number of benzene rings is 2. The van der Waals surface area contributed by atoms with E-state index < -0.39 is 34.1 Å². The normalized spacial score (nSPS) is 12.6. The van der Waals surface area contributed by atoms with Gasteiger partial charge in [-0.25, -0.2) is 8.42 Å². The molecule has 0 fully saturated rings. The molecule has 37 heavy (non-hydrogen) atoms. The van der Waals surface area contributed by atoms with Crippen LogP contribution >= 0.6 is 34.8 Å². The van der Waals surface area contributed by atoms with Crippen LogP contribution in [0.4, 0.5) is 5.69 Å². The molecule has 2 rings (SSSR count). The number of anilines is 1. The van der Waals surface area contributed by atoms with E-state index in [0.29, 0.717) is 21.4 Å². The van der Waals surface area contributed by atoms with Crippen molar-refractivity contribution in [1.82, 2.24) is 10.2 Å². The van der Waals surface area contributed by atoms with E-state index in [1.54, 1.807) is 25.1 Å². The van der Waals surface area contributed by atoms with Crippen LogP contribution in [0.3, 0.4) is 0 Å². The molecule has 0 saturated carbocycles. The van der Waals surface area contributed by atoms with Gasteiger partial charge in [-0.15, -0.1) is 0 Å². The van der Waals surface area contributed by atoms with Crippen molar-refractivity contribution in [3.8, 4) is 5.75 Å². The summed E-state index contributed by atoms with van der Waals surface area (Å²) in [4.78, 5) is 28.3. The highest BCUT2D eigenvalue weighted by molar-refractivity contribution is 7.92. The standard InChI is InChI=1S/C25H32Cl3N3O5S/c1-7-21(24(33)29-25(2,3)4)30(14-17-18(26)9-8-10-19(17)27)23(32)15-31(37(6,34)35)16-11-12-22(36-5)20(28)13-16/h8-13,21H,7,14-15H2,1-6H3,(H,29,33)/t21-/m1/s1. The molecule has 0 radical (unpaired) electrons. The predicted octanol–water partition coefficient (Wildman–Crippen LogP) is 5.14. The molecule has 0 aliphatic heterocycles. The first-order chi connectivity index (χ1) is 17.1. The molecule has 0 heterocycles. The summed E-state index contributed by atoms with van der Waals surface area (Å²) >= 11 is 19.0. The summed E-state index contributed by atoms with van der Waals surface area (Å²) in [6.45, 7) is 6.56. The molecule has 0 spiro atoms. The Morgan fingerprint density at radius 1 is 1.05 bits per heavy atom. The van der Waals surface area contributed by atoms with Crippen LogP contribution in [0.5, 0.6) is 5.75 Å². The quantitative estimate of drug-likeness (QED) is 0.412. The molecule has 0 saturated heterocycles. The fourth-order valence-electron chi connectivity index (χ4n) is 3.65. The molecule has 0 unspecified atom stereocenters. The zero-order chi connectivity index (χ0) is 28.1. The molecule has 2 aromatic rings. The van der Waals surface area contributed by atoms with Crippen LogP contribution in [-0.4, -0.2) is 56.6 Å². The van der Waals surface area contributed by atoms with Gasteiger partial charge in [0.1, 0.15) is 18.3 Å². The van der Waals surface area contributed by atoms with Crippen molar-refractivity contribution in [2.75, 3.05) is 24.2 Å². The first kappa shape index (κ1) is 31.0. The average Bonchev–Trinajstić information content (AvgIpc) is 2.77. The maximum Gasteiger partial charge on any atom is 0.244 e. The second-order valence-corrected chi connectivity index (χ2v) is 12.6. The number of methoxy groups -OCH3 is 1. The van der Waals surface area contributed by atoms with E-state index in [2.05, 4.69) is 5.32 Å². The summed E-state index contributed by atoms with van der Waals surface area (Å²) in [5.74, 6) is -0.653. The van der Waals surface area contributed by atoms with Crippen molar-refractivity contribution in [2.24, 2.45) is 0 Å². The van der Waals surface area contributed by atoms with Gasteiger partial charge in [-0.2, -0.15) is 0 Å². The van der Waals surface area contributed by atoms with Crippen LogP contribution in [0.1, 0.15) is 39.7 Å². The molecule has 1 N–H and O–H groups in total. The van der Waals surface area contributed by atoms with Crippen LogP contribution in [0.2, 0.25) is 15.1 Å². The number of halogens is 3. The van der Waals surface area contributed by atoms with Gasteiger partial charge in [-0.05, 0) is 57.5 Å². The number of carbonyl (C=O) groups is 2. The van der Waals surface area contributed by atoms with Crippen molar-refractivity contribution in [2.45, 2.75) is 52.2 Å². The van der Waals surface area contributed by atoms with Gasteiger partial charge >= 0.3 is 0 Å². The highest BCUT2D eigenvalue weighted by Gasteiger charge is 2.34. The average molecular weight is 593 g/mol. The first-order valence-corrected chi connectivity index (χ1v) is 14.4. The second-order valence-electron chi connectivity index (χ2n) is 9.47. The Hall–Kier alpha value is -2.20. The van der Waals surface area contributed by atoms with Gasteiger partial charge in [0, 0.05) is 27.7 Å². The van der Waals surface area contributed by atoms with Gasteiger partial charge in [-0.1, -0.05) is 47.8 Å². The summed E-state index contributed by atoms with van der Waals surface area (Å²) < 4.78 is 31.6. The minimum Gasteiger partial charge on any atom is -0.495 e. The highest BCUT2D eigenvalue weighted by Crippen LogP contribution is 2.31. The Morgan fingerprint density at radius 2 is 1.65 bits per heavy atom. The number of rotatable bonds is 10. The minimum atomic E-state index is -3.92. The first-order valence-electron chi connectivity index (χ1n) is 11.4. The van der Waals surface area contributed by atoms with E-state index in [0.717, 1.165) is 10.6 Å². The van der Waals surface area contributed by atoms with Crippen molar-refractivity contribution >= 4 is 62.3 Å². The topological polar surface area (TPSA) is 96.0 Å². The molecule has 2 aromatic carbocycles. The fourth-order valence-corrected chi connectivity index (χ4v) is 5.26. The molecular weight excluding hydrogens is 561 g/mol. The van der Waals surface area contributed by atoms with Crippen molar-refractivity contribution in [3.63, 3.8) is 0 Å². The van der Waals surface area contributed by atoms with Crippen LogP contribution < -0.4 is 14.4 Å². The third-order valence-corrected chi connectivity index (χ3v) is 7.52. The smallest absolute Gasteiger partial charge is 0.244 e.